The van der Waals surface area contributed by atoms with Crippen LogP contribution in [0.15, 0.2) is 62.5 Å². The minimum Gasteiger partial charge on any atom is -0.744 e. The van der Waals surface area contributed by atoms with Crippen LogP contribution in [0.25, 0.3) is 10.8 Å². The molecule has 3 rings (SSSR count). The zero-order chi connectivity index (χ0) is 31.0. The van der Waals surface area contributed by atoms with Crippen molar-refractivity contribution in [2.24, 2.45) is 10.2 Å². The molecule has 0 atom stereocenters. The molecule has 3 aromatic rings. The van der Waals surface area contributed by atoms with Crippen LogP contribution in [0.4, 0.5) is 17.1 Å². The number of rotatable bonds is 11. The molecule has 0 fully saturated rings. The molecular weight excluding hydrogens is 703 g/mol. The first-order valence-electron chi connectivity index (χ1n) is 10.6. The number of ether oxygens (including phenoxy) is 1. The monoisotopic (exact) mass is 721 g/mol. The molecule has 0 unspecified atom stereocenters. The number of anilines is 1. The predicted octanol–water partition coefficient (Wildman–Crippen LogP) is -7.97. The molecule has 17 nitrogen and oxygen atoms in total. The molecule has 0 aliphatic rings. The Labute approximate surface area is 319 Å². The van der Waals surface area contributed by atoms with Crippen molar-refractivity contribution in [1.29, 1.82) is 0 Å². The van der Waals surface area contributed by atoms with E-state index >= 15 is 0 Å². The molecule has 224 valence electrons. The van der Waals surface area contributed by atoms with E-state index in [0.29, 0.717) is 4.31 Å². The Morgan fingerprint density at radius 3 is 1.93 bits per heavy atom. The van der Waals surface area contributed by atoms with Gasteiger partial charge in [-0.25, -0.2) is 33.7 Å². The second-order valence-corrected chi connectivity index (χ2v) is 13.8. The summed E-state index contributed by atoms with van der Waals surface area (Å²) < 4.78 is 137. The third-order valence-corrected chi connectivity index (χ3v) is 9.25. The number of phenols is 1. The maximum absolute atomic E-state index is 12.6. The number of hydrogen-bond donors (Lipinski definition) is 1. The van der Waals surface area contributed by atoms with Crippen LogP contribution in [-0.4, -0.2) is 79.0 Å². The van der Waals surface area contributed by atoms with Crippen LogP contribution < -0.4 is 97.7 Å². The Kier molecular flexibility index (Phi) is 16.4. The summed E-state index contributed by atoms with van der Waals surface area (Å²) in [5.41, 5.74) is -1.68. The van der Waals surface area contributed by atoms with Gasteiger partial charge in [-0.1, -0.05) is 6.07 Å². The van der Waals surface area contributed by atoms with E-state index in [4.69, 9.17) is 4.74 Å². The average molecular weight is 722 g/mol. The third-order valence-electron chi connectivity index (χ3n) is 5.35. The second-order valence-electron chi connectivity index (χ2n) is 7.93. The molecule has 3 aromatic carbocycles. The summed E-state index contributed by atoms with van der Waals surface area (Å²) in [4.78, 5) is -1.98. The summed E-state index contributed by atoms with van der Waals surface area (Å²) in [5.74, 6) is -1.95. The fourth-order valence-electron chi connectivity index (χ4n) is 3.36. The molecule has 44 heavy (non-hydrogen) atoms. The maximum atomic E-state index is 12.6. The minimum absolute atomic E-state index is 0. The van der Waals surface area contributed by atoms with E-state index in [1.807, 2.05) is 0 Å². The molecular formula is C20H18N3Na3O14S4. The summed E-state index contributed by atoms with van der Waals surface area (Å²) in [6.45, 7) is -0.987. The molecule has 0 saturated heterocycles. The van der Waals surface area contributed by atoms with E-state index in [1.165, 1.54) is 13.2 Å². The van der Waals surface area contributed by atoms with Crippen LogP contribution in [-0.2, 0) is 44.8 Å². The van der Waals surface area contributed by atoms with Gasteiger partial charge in [0.15, 0.2) is 5.75 Å². The molecule has 0 aliphatic heterocycles. The number of sulfonamides is 1. The van der Waals surface area contributed by atoms with Crippen LogP contribution in [0.3, 0.4) is 0 Å². The Morgan fingerprint density at radius 1 is 0.818 bits per heavy atom. The fraction of sp³-hybridized carbons (Fsp3) is 0.200. The van der Waals surface area contributed by atoms with Gasteiger partial charge in [0.05, 0.1) is 34.9 Å². The summed E-state index contributed by atoms with van der Waals surface area (Å²) in [5, 5.41) is 17.6. The standard InChI is InChI=1S/C20H21N3O14S4.3Na/c1-23(38(25,26)8-7-37-41(33,34)35)13-4-3-12-9-18(40(30,31)32)19(20(24)15(12)10-13)22-21-16-6-5-14(36-2)11-17(16)39(27,28)29;;;/h3-6,9-11,24H,7-8H2,1-2H3,(H,27,28,29)(H,30,31,32)(H,33,34,35);;;/q;3*+1/p-3. The molecule has 0 heterocycles. The predicted molar refractivity (Wildman–Crippen MR) is 137 cm³/mol. The first-order valence-corrected chi connectivity index (χ1v) is 16.4. The van der Waals surface area contributed by atoms with E-state index in [0.717, 1.165) is 43.4 Å². The summed E-state index contributed by atoms with van der Waals surface area (Å²) in [7, 11) is -17.7. The Morgan fingerprint density at radius 2 is 1.41 bits per heavy atom. The molecule has 24 heteroatoms. The second kappa shape index (κ2) is 16.6. The fourth-order valence-corrected chi connectivity index (χ4v) is 6.03. The van der Waals surface area contributed by atoms with Gasteiger partial charge in [-0.3, -0.25) is 8.49 Å². The molecule has 0 aliphatic carbocycles. The number of methoxy groups -OCH3 is 1. The number of azo groups is 1. The van der Waals surface area contributed by atoms with Crippen molar-refractivity contribution in [3.8, 4) is 11.5 Å². The number of fused-ring (bicyclic) bond motifs is 1. The Balaban J connectivity index is 0.00000616. The molecule has 0 radical (unpaired) electrons. The molecule has 0 spiro atoms. The van der Waals surface area contributed by atoms with E-state index in [9.17, 15) is 52.4 Å². The minimum atomic E-state index is -5.33. The van der Waals surface area contributed by atoms with Gasteiger partial charge in [0.25, 0.3) is 0 Å². The zero-order valence-electron chi connectivity index (χ0n) is 23.7. The first-order chi connectivity index (χ1) is 18.7. The van der Waals surface area contributed by atoms with Gasteiger partial charge in [0, 0.05) is 12.4 Å². The van der Waals surface area contributed by atoms with Gasteiger partial charge in [-0.05, 0) is 41.8 Å². The van der Waals surface area contributed by atoms with Gasteiger partial charge in [0.2, 0.25) is 20.4 Å². The molecule has 0 saturated carbocycles. The van der Waals surface area contributed by atoms with Crippen molar-refractivity contribution in [2.45, 2.75) is 9.79 Å². The van der Waals surface area contributed by atoms with Gasteiger partial charge in [0.1, 0.15) is 37.4 Å². The number of aromatic hydroxyl groups is 1. The summed E-state index contributed by atoms with van der Waals surface area (Å²) in [6.07, 6.45) is 0. The van der Waals surface area contributed by atoms with Crippen molar-refractivity contribution in [2.75, 3.05) is 30.8 Å². The van der Waals surface area contributed by atoms with E-state index in [2.05, 4.69) is 14.4 Å². The van der Waals surface area contributed by atoms with Crippen LogP contribution >= 0.6 is 0 Å². The molecule has 0 bridgehead atoms. The number of nitrogens with zero attached hydrogens (tertiary/aromatic N) is 3. The Hall–Kier alpha value is -0.440. The largest absolute Gasteiger partial charge is 1.00 e. The van der Waals surface area contributed by atoms with Crippen LogP contribution in [0.1, 0.15) is 0 Å². The molecule has 0 aromatic heterocycles. The van der Waals surface area contributed by atoms with Gasteiger partial charge in [-0.2, -0.15) is 0 Å². The SMILES string of the molecule is COc1ccc(N=Nc2c(S(=O)(=O)[O-])cc3ccc(N(C)S(=O)(=O)CCOS(=O)(=O)[O-])cc3c2O)c(S(=O)(=O)[O-])c1.[Na+].[Na+].[Na+]. The number of benzene rings is 3. The third kappa shape index (κ3) is 11.1. The van der Waals surface area contributed by atoms with Crippen molar-refractivity contribution < 1.29 is 150 Å². The number of phenolic OH excluding ortho intramolecular Hbond substituents is 1. The topological polar surface area (TPSA) is 272 Å². The van der Waals surface area contributed by atoms with Gasteiger partial charge < -0.3 is 23.5 Å². The molecule has 0 amide bonds. The van der Waals surface area contributed by atoms with Crippen molar-refractivity contribution in [3.63, 3.8) is 0 Å². The average Bonchev–Trinajstić information content (AvgIpc) is 2.85. The van der Waals surface area contributed by atoms with Crippen LogP contribution in [0, 0.1) is 0 Å². The van der Waals surface area contributed by atoms with Gasteiger partial charge in [-0.15, -0.1) is 10.2 Å². The van der Waals surface area contributed by atoms with E-state index in [1.54, 1.807) is 0 Å². The maximum Gasteiger partial charge on any atom is 1.00 e. The normalized spacial score (nSPS) is 12.2. The van der Waals surface area contributed by atoms with Crippen molar-refractivity contribution in [1.82, 2.24) is 0 Å². The van der Waals surface area contributed by atoms with Crippen LogP contribution in [0.5, 0.6) is 11.5 Å². The van der Waals surface area contributed by atoms with Crippen molar-refractivity contribution in [3.05, 3.63) is 42.5 Å². The number of hydrogen-bond acceptors (Lipinski definition) is 16. The quantitative estimate of drug-likeness (QED) is 0.0834. The smallest absolute Gasteiger partial charge is 0.744 e. The van der Waals surface area contributed by atoms with Crippen LogP contribution in [0.2, 0.25) is 0 Å². The Bertz CT molecular complexity index is 1990. The van der Waals surface area contributed by atoms with E-state index < -0.39 is 79.9 Å². The summed E-state index contributed by atoms with van der Waals surface area (Å²) >= 11 is 0. The molecule has 1 N–H and O–H groups in total. The van der Waals surface area contributed by atoms with E-state index in [-0.39, 0.29) is 111 Å². The van der Waals surface area contributed by atoms with Crippen molar-refractivity contribution >= 4 is 68.5 Å². The zero-order valence-corrected chi connectivity index (χ0v) is 33.0. The summed E-state index contributed by atoms with van der Waals surface area (Å²) in [6, 6.07) is 7.18. The first kappa shape index (κ1) is 43.6. The van der Waals surface area contributed by atoms with Gasteiger partial charge >= 0.3 is 88.7 Å².